The van der Waals surface area contributed by atoms with Gasteiger partial charge in [0, 0.05) is 10.0 Å². The van der Waals surface area contributed by atoms with E-state index in [0.717, 1.165) is 27.8 Å². The summed E-state index contributed by atoms with van der Waals surface area (Å²) in [4.78, 5) is 12.2. The Kier molecular flexibility index (Phi) is 4.09. The van der Waals surface area contributed by atoms with Crippen molar-refractivity contribution in [3.8, 4) is 0 Å². The summed E-state index contributed by atoms with van der Waals surface area (Å²) in [5.74, 6) is 1.44. The highest BCUT2D eigenvalue weighted by molar-refractivity contribution is 9.10. The predicted molar refractivity (Wildman–Crippen MR) is 73.3 cm³/mol. The standard InChI is InChI=1S/C13H15BrOS/c1-9-8-10(5-6-11(9)14)13(15)12-4-2-3-7-16-12/h5-6,8,12H,2-4,7H2,1H3. The van der Waals surface area contributed by atoms with Crippen LogP contribution in [0.5, 0.6) is 0 Å². The van der Waals surface area contributed by atoms with E-state index in [4.69, 9.17) is 0 Å². The highest BCUT2D eigenvalue weighted by atomic mass is 79.9. The summed E-state index contributed by atoms with van der Waals surface area (Å²) < 4.78 is 1.07. The van der Waals surface area contributed by atoms with Crippen LogP contribution in [-0.2, 0) is 0 Å². The van der Waals surface area contributed by atoms with Crippen LogP contribution in [0, 0.1) is 6.92 Å². The van der Waals surface area contributed by atoms with Crippen molar-refractivity contribution in [1.29, 1.82) is 0 Å². The second kappa shape index (κ2) is 5.37. The molecule has 0 radical (unpaired) electrons. The monoisotopic (exact) mass is 298 g/mol. The normalized spacial score (nSPS) is 20.8. The first-order valence-corrected chi connectivity index (χ1v) is 7.44. The first-order chi connectivity index (χ1) is 7.68. The fourth-order valence-corrected chi connectivity index (χ4v) is 3.45. The van der Waals surface area contributed by atoms with E-state index in [0.29, 0.717) is 5.78 Å². The number of Topliss-reactive ketones (excluding diaryl/α,β-unsaturated/α-hetero) is 1. The Balaban J connectivity index is 2.16. The number of halogens is 1. The van der Waals surface area contributed by atoms with Gasteiger partial charge in [-0.25, -0.2) is 0 Å². The third kappa shape index (κ3) is 2.69. The molecule has 1 atom stereocenters. The number of carbonyl (C=O) groups is 1. The van der Waals surface area contributed by atoms with Crippen LogP contribution in [0.1, 0.15) is 35.2 Å². The molecule has 1 heterocycles. The Hall–Kier alpha value is -0.280. The maximum atomic E-state index is 12.2. The van der Waals surface area contributed by atoms with Gasteiger partial charge in [-0.2, -0.15) is 11.8 Å². The van der Waals surface area contributed by atoms with E-state index in [-0.39, 0.29) is 5.25 Å². The highest BCUT2D eigenvalue weighted by Crippen LogP contribution is 2.28. The Labute approximate surface area is 109 Å². The lowest BCUT2D eigenvalue weighted by Gasteiger charge is -2.20. The summed E-state index contributed by atoms with van der Waals surface area (Å²) in [5, 5.41) is 0.189. The number of hydrogen-bond acceptors (Lipinski definition) is 2. The summed E-state index contributed by atoms with van der Waals surface area (Å²) >= 11 is 5.27. The lowest BCUT2D eigenvalue weighted by atomic mass is 10.0. The molecule has 1 nitrogen and oxygen atoms in total. The minimum absolute atomic E-state index is 0.189. The van der Waals surface area contributed by atoms with Crippen LogP contribution in [0.2, 0.25) is 0 Å². The molecule has 0 amide bonds. The Morgan fingerprint density at radius 3 is 2.88 bits per heavy atom. The maximum absolute atomic E-state index is 12.2. The third-order valence-corrected chi connectivity index (χ3v) is 5.18. The number of benzene rings is 1. The number of hydrogen-bond donors (Lipinski definition) is 0. The second-order valence-electron chi connectivity index (χ2n) is 4.18. The van der Waals surface area contributed by atoms with Gasteiger partial charge in [-0.15, -0.1) is 0 Å². The van der Waals surface area contributed by atoms with Gasteiger partial charge in [-0.05, 0) is 43.2 Å². The molecule has 0 bridgehead atoms. The summed E-state index contributed by atoms with van der Waals surface area (Å²) in [6.07, 6.45) is 3.49. The molecule has 3 heteroatoms. The topological polar surface area (TPSA) is 17.1 Å². The molecule has 0 N–H and O–H groups in total. The van der Waals surface area contributed by atoms with Crippen molar-refractivity contribution in [2.75, 3.05) is 5.75 Å². The van der Waals surface area contributed by atoms with E-state index in [1.54, 1.807) is 0 Å². The van der Waals surface area contributed by atoms with E-state index < -0.39 is 0 Å². The zero-order chi connectivity index (χ0) is 11.5. The molecule has 0 spiro atoms. The number of thioether (sulfide) groups is 1. The number of carbonyl (C=O) groups excluding carboxylic acids is 1. The lowest BCUT2D eigenvalue weighted by molar-refractivity contribution is 0.0984. The van der Waals surface area contributed by atoms with Gasteiger partial charge in [0.15, 0.2) is 5.78 Å². The van der Waals surface area contributed by atoms with Crippen LogP contribution in [0.25, 0.3) is 0 Å². The second-order valence-corrected chi connectivity index (χ2v) is 6.35. The van der Waals surface area contributed by atoms with Crippen LogP contribution in [-0.4, -0.2) is 16.8 Å². The Morgan fingerprint density at radius 1 is 1.44 bits per heavy atom. The maximum Gasteiger partial charge on any atom is 0.175 e. The van der Waals surface area contributed by atoms with E-state index in [1.165, 1.54) is 12.8 Å². The number of ketones is 1. The van der Waals surface area contributed by atoms with Crippen LogP contribution in [0.3, 0.4) is 0 Å². The molecule has 2 rings (SSSR count). The molecule has 86 valence electrons. The average Bonchev–Trinajstić information content (AvgIpc) is 2.33. The van der Waals surface area contributed by atoms with Crippen LogP contribution >= 0.6 is 27.7 Å². The minimum atomic E-state index is 0.189. The van der Waals surface area contributed by atoms with E-state index in [2.05, 4.69) is 15.9 Å². The quantitative estimate of drug-likeness (QED) is 0.760. The van der Waals surface area contributed by atoms with Gasteiger partial charge in [0.25, 0.3) is 0 Å². The fraction of sp³-hybridized carbons (Fsp3) is 0.462. The molecule has 0 saturated carbocycles. The molecule has 1 fully saturated rings. The molecule has 0 aliphatic carbocycles. The van der Waals surface area contributed by atoms with Crippen molar-refractivity contribution in [3.05, 3.63) is 33.8 Å². The van der Waals surface area contributed by atoms with Gasteiger partial charge in [-0.3, -0.25) is 4.79 Å². The van der Waals surface area contributed by atoms with Crippen molar-refractivity contribution in [2.24, 2.45) is 0 Å². The van der Waals surface area contributed by atoms with Gasteiger partial charge >= 0.3 is 0 Å². The molecular weight excluding hydrogens is 284 g/mol. The van der Waals surface area contributed by atoms with Crippen molar-refractivity contribution in [2.45, 2.75) is 31.4 Å². The van der Waals surface area contributed by atoms with Gasteiger partial charge in [-0.1, -0.05) is 28.4 Å². The average molecular weight is 299 g/mol. The first-order valence-electron chi connectivity index (χ1n) is 5.60. The smallest absolute Gasteiger partial charge is 0.175 e. The molecule has 1 aromatic carbocycles. The molecule has 1 aromatic rings. The van der Waals surface area contributed by atoms with Crippen molar-refractivity contribution in [3.63, 3.8) is 0 Å². The Morgan fingerprint density at radius 2 is 2.25 bits per heavy atom. The van der Waals surface area contributed by atoms with Gasteiger partial charge in [0.05, 0.1) is 5.25 Å². The highest BCUT2D eigenvalue weighted by Gasteiger charge is 2.22. The molecule has 1 aliphatic rings. The molecular formula is C13H15BrOS. The predicted octanol–water partition coefficient (Wildman–Crippen LogP) is 4.23. The van der Waals surface area contributed by atoms with Crippen molar-refractivity contribution < 1.29 is 4.79 Å². The fourth-order valence-electron chi connectivity index (χ4n) is 1.93. The van der Waals surface area contributed by atoms with Crippen molar-refractivity contribution in [1.82, 2.24) is 0 Å². The van der Waals surface area contributed by atoms with Gasteiger partial charge in [0.1, 0.15) is 0 Å². The van der Waals surface area contributed by atoms with Gasteiger partial charge < -0.3 is 0 Å². The minimum Gasteiger partial charge on any atom is -0.293 e. The molecule has 16 heavy (non-hydrogen) atoms. The van der Waals surface area contributed by atoms with Crippen molar-refractivity contribution >= 4 is 33.5 Å². The first kappa shape index (κ1) is 12.2. The van der Waals surface area contributed by atoms with E-state index in [9.17, 15) is 4.79 Å². The molecule has 0 aromatic heterocycles. The Bertz CT molecular complexity index is 397. The summed E-state index contributed by atoms with van der Waals surface area (Å²) in [6.45, 7) is 2.02. The lowest BCUT2D eigenvalue weighted by Crippen LogP contribution is -2.21. The molecule has 1 aliphatic heterocycles. The molecule has 1 saturated heterocycles. The van der Waals surface area contributed by atoms with Crippen LogP contribution in [0.15, 0.2) is 22.7 Å². The summed E-state index contributed by atoms with van der Waals surface area (Å²) in [6, 6.07) is 5.88. The largest absolute Gasteiger partial charge is 0.293 e. The van der Waals surface area contributed by atoms with E-state index in [1.807, 2.05) is 36.9 Å². The summed E-state index contributed by atoms with van der Waals surface area (Å²) in [7, 11) is 0. The number of rotatable bonds is 2. The third-order valence-electron chi connectivity index (χ3n) is 2.91. The van der Waals surface area contributed by atoms with Gasteiger partial charge in [0.2, 0.25) is 0 Å². The van der Waals surface area contributed by atoms with Crippen LogP contribution in [0.4, 0.5) is 0 Å². The van der Waals surface area contributed by atoms with Crippen LogP contribution < -0.4 is 0 Å². The number of aryl methyl sites for hydroxylation is 1. The zero-order valence-electron chi connectivity index (χ0n) is 9.33. The zero-order valence-corrected chi connectivity index (χ0v) is 11.7. The SMILES string of the molecule is Cc1cc(C(=O)C2CCCCS2)ccc1Br. The summed E-state index contributed by atoms with van der Waals surface area (Å²) in [5.41, 5.74) is 1.99. The van der Waals surface area contributed by atoms with E-state index >= 15 is 0 Å². The molecule has 1 unspecified atom stereocenters.